The number of hydrogen-bond acceptors (Lipinski definition) is 2. The third kappa shape index (κ3) is 4.87. The van der Waals surface area contributed by atoms with Crippen molar-refractivity contribution in [2.45, 2.75) is 27.2 Å². The van der Waals surface area contributed by atoms with E-state index < -0.39 is 9.04 Å². The van der Waals surface area contributed by atoms with E-state index in [2.05, 4.69) is 0 Å². The van der Waals surface area contributed by atoms with Crippen LogP contribution in [0.4, 0.5) is 0 Å². The summed E-state index contributed by atoms with van der Waals surface area (Å²) >= 11 is 0. The van der Waals surface area contributed by atoms with Crippen LogP contribution in [-0.2, 0) is 9.22 Å². The number of carbonyl (C=O) groups is 1. The van der Waals surface area contributed by atoms with E-state index in [4.69, 9.17) is 4.43 Å². The quantitative estimate of drug-likeness (QED) is 0.811. The van der Waals surface area contributed by atoms with E-state index in [1.54, 1.807) is 0 Å². The van der Waals surface area contributed by atoms with Gasteiger partial charge in [-0.2, -0.15) is 0 Å². The molecule has 2 nitrogen and oxygen atoms in total. The second-order valence-electron chi connectivity index (χ2n) is 6.27. The molecule has 1 radical (unpaired) electrons. The first-order valence-electron chi connectivity index (χ1n) is 7.14. The van der Waals surface area contributed by atoms with Gasteiger partial charge in [0.25, 0.3) is 5.97 Å². The molecule has 0 bridgehead atoms. The van der Waals surface area contributed by atoms with Crippen LogP contribution in [0.25, 0.3) is 0 Å². The Labute approximate surface area is 128 Å². The Morgan fingerprint density at radius 3 is 1.71 bits per heavy atom. The summed E-state index contributed by atoms with van der Waals surface area (Å²) in [6.45, 7) is 6.14. The van der Waals surface area contributed by atoms with Crippen LogP contribution >= 0.6 is 0 Å². The Kier molecular flexibility index (Phi) is 4.97. The molecule has 2 aromatic carbocycles. The SMILES string of the molecule is CC(C)(C)CC(=O)O[Si](c1ccccc1)c1ccccc1. The van der Waals surface area contributed by atoms with Crippen molar-refractivity contribution < 1.29 is 9.22 Å². The summed E-state index contributed by atoms with van der Waals surface area (Å²) in [5, 5.41) is 2.19. The molecule has 3 heteroatoms. The van der Waals surface area contributed by atoms with Crippen molar-refractivity contribution >= 4 is 25.4 Å². The van der Waals surface area contributed by atoms with Gasteiger partial charge in [-0.15, -0.1) is 0 Å². The Morgan fingerprint density at radius 1 is 0.905 bits per heavy atom. The molecule has 0 aliphatic rings. The molecular weight excluding hydrogens is 276 g/mol. The van der Waals surface area contributed by atoms with Gasteiger partial charge < -0.3 is 4.43 Å². The smallest absolute Gasteiger partial charge is 0.356 e. The number of rotatable bonds is 4. The zero-order valence-electron chi connectivity index (χ0n) is 12.8. The first kappa shape index (κ1) is 15.5. The van der Waals surface area contributed by atoms with Crippen molar-refractivity contribution in [3.63, 3.8) is 0 Å². The predicted molar refractivity (Wildman–Crippen MR) is 88.1 cm³/mol. The lowest BCUT2D eigenvalue weighted by Gasteiger charge is -2.20. The van der Waals surface area contributed by atoms with Crippen LogP contribution in [0.3, 0.4) is 0 Å². The summed E-state index contributed by atoms with van der Waals surface area (Å²) in [5.41, 5.74) is -0.0581. The maximum Gasteiger partial charge on any atom is 0.356 e. The lowest BCUT2D eigenvalue weighted by atomic mass is 9.93. The lowest BCUT2D eigenvalue weighted by Crippen LogP contribution is -2.46. The van der Waals surface area contributed by atoms with Crippen LogP contribution in [0.1, 0.15) is 27.2 Å². The Bertz CT molecular complexity index is 534. The van der Waals surface area contributed by atoms with Gasteiger partial charge in [-0.1, -0.05) is 81.4 Å². The average Bonchev–Trinajstić information content (AvgIpc) is 2.45. The predicted octanol–water partition coefficient (Wildman–Crippen LogP) is 2.77. The van der Waals surface area contributed by atoms with Crippen LogP contribution in [-0.4, -0.2) is 15.0 Å². The molecule has 0 unspecified atom stereocenters. The van der Waals surface area contributed by atoms with E-state index in [1.165, 1.54) is 0 Å². The minimum atomic E-state index is -1.52. The molecular formula is C18H21O2Si. The summed E-state index contributed by atoms with van der Waals surface area (Å²) in [4.78, 5) is 12.2. The van der Waals surface area contributed by atoms with E-state index >= 15 is 0 Å². The molecule has 0 N–H and O–H groups in total. The van der Waals surface area contributed by atoms with Crippen molar-refractivity contribution in [2.24, 2.45) is 5.41 Å². The van der Waals surface area contributed by atoms with Crippen LogP contribution < -0.4 is 10.4 Å². The standard InChI is InChI=1S/C18H21O2Si/c1-18(2,3)14-17(19)20-21(15-10-6-4-7-11-15)16-12-8-5-9-13-16/h4-13H,14H2,1-3H3. The van der Waals surface area contributed by atoms with Crippen molar-refractivity contribution in [3.8, 4) is 0 Å². The molecule has 2 aromatic rings. The minimum Gasteiger partial charge on any atom is -0.508 e. The molecule has 0 aliphatic carbocycles. The molecule has 2 rings (SSSR count). The zero-order valence-corrected chi connectivity index (χ0v) is 13.8. The molecule has 0 saturated carbocycles. The monoisotopic (exact) mass is 297 g/mol. The normalized spacial score (nSPS) is 11.4. The fraction of sp³-hybridized carbons (Fsp3) is 0.278. The van der Waals surface area contributed by atoms with Gasteiger partial charge in [0.15, 0.2) is 0 Å². The second-order valence-corrected chi connectivity index (χ2v) is 8.29. The van der Waals surface area contributed by atoms with E-state index in [0.29, 0.717) is 6.42 Å². The molecule has 21 heavy (non-hydrogen) atoms. The van der Waals surface area contributed by atoms with E-state index in [9.17, 15) is 4.79 Å². The molecule has 0 fully saturated rings. The maximum atomic E-state index is 12.2. The number of hydrogen-bond donors (Lipinski definition) is 0. The molecule has 0 atom stereocenters. The van der Waals surface area contributed by atoms with Gasteiger partial charge in [0, 0.05) is 6.42 Å². The van der Waals surface area contributed by atoms with Gasteiger partial charge >= 0.3 is 9.04 Å². The second kappa shape index (κ2) is 6.72. The summed E-state index contributed by atoms with van der Waals surface area (Å²) in [5.74, 6) is -0.121. The fourth-order valence-corrected chi connectivity index (χ4v) is 3.91. The summed E-state index contributed by atoms with van der Waals surface area (Å²) < 4.78 is 5.86. The van der Waals surface area contributed by atoms with Crippen molar-refractivity contribution in [1.29, 1.82) is 0 Å². The van der Waals surface area contributed by atoms with Crippen molar-refractivity contribution in [2.75, 3.05) is 0 Å². The van der Waals surface area contributed by atoms with Gasteiger partial charge in [-0.05, 0) is 15.8 Å². The Hall–Kier alpha value is -1.87. The lowest BCUT2D eigenvalue weighted by molar-refractivity contribution is -0.136. The highest BCUT2D eigenvalue weighted by Gasteiger charge is 2.26. The summed E-state index contributed by atoms with van der Waals surface area (Å²) in [6.07, 6.45) is 0.431. The highest BCUT2D eigenvalue weighted by Crippen LogP contribution is 2.19. The molecule has 0 saturated heterocycles. The maximum absolute atomic E-state index is 12.2. The molecule has 0 aliphatic heterocycles. The molecule has 0 amide bonds. The average molecular weight is 297 g/mol. The van der Waals surface area contributed by atoms with Gasteiger partial charge in [-0.25, -0.2) is 0 Å². The fourth-order valence-electron chi connectivity index (χ4n) is 2.05. The topological polar surface area (TPSA) is 26.3 Å². The first-order valence-corrected chi connectivity index (χ1v) is 8.55. The largest absolute Gasteiger partial charge is 0.508 e. The zero-order chi connectivity index (χ0) is 15.3. The van der Waals surface area contributed by atoms with Crippen LogP contribution in [0.5, 0.6) is 0 Å². The number of benzene rings is 2. The van der Waals surface area contributed by atoms with Crippen molar-refractivity contribution in [1.82, 2.24) is 0 Å². The third-order valence-corrected chi connectivity index (χ3v) is 5.11. The van der Waals surface area contributed by atoms with Crippen LogP contribution in [0.2, 0.25) is 0 Å². The van der Waals surface area contributed by atoms with Gasteiger partial charge in [0.1, 0.15) is 0 Å². The molecule has 109 valence electrons. The summed E-state index contributed by atoms with van der Waals surface area (Å²) in [7, 11) is -1.52. The summed E-state index contributed by atoms with van der Waals surface area (Å²) in [6, 6.07) is 20.0. The highest BCUT2D eigenvalue weighted by atomic mass is 28.3. The Morgan fingerprint density at radius 2 is 1.33 bits per heavy atom. The molecule has 0 spiro atoms. The van der Waals surface area contributed by atoms with Gasteiger partial charge in [0.05, 0.1) is 0 Å². The van der Waals surface area contributed by atoms with Crippen LogP contribution in [0, 0.1) is 5.41 Å². The Balaban J connectivity index is 2.24. The number of carbonyl (C=O) groups excluding carboxylic acids is 1. The minimum absolute atomic E-state index is 0.0581. The third-order valence-electron chi connectivity index (χ3n) is 2.96. The van der Waals surface area contributed by atoms with Gasteiger partial charge in [0.2, 0.25) is 0 Å². The van der Waals surface area contributed by atoms with Crippen LogP contribution in [0.15, 0.2) is 60.7 Å². The highest BCUT2D eigenvalue weighted by molar-refractivity contribution is 6.81. The molecule has 0 heterocycles. The van der Waals surface area contributed by atoms with E-state index in [-0.39, 0.29) is 11.4 Å². The van der Waals surface area contributed by atoms with E-state index in [1.807, 2.05) is 81.4 Å². The molecule has 0 aromatic heterocycles. The van der Waals surface area contributed by atoms with Gasteiger partial charge in [-0.3, -0.25) is 4.79 Å². The van der Waals surface area contributed by atoms with E-state index in [0.717, 1.165) is 10.4 Å². The van der Waals surface area contributed by atoms with Crippen molar-refractivity contribution in [3.05, 3.63) is 60.7 Å². The first-order chi connectivity index (χ1) is 9.96.